The summed E-state index contributed by atoms with van der Waals surface area (Å²) in [6.07, 6.45) is -0.556. The molecule has 2 amide bonds. The number of hydrogen-bond acceptors (Lipinski definition) is 3. The van der Waals surface area contributed by atoms with E-state index in [1.54, 1.807) is 50.2 Å². The molecule has 0 saturated heterocycles. The van der Waals surface area contributed by atoms with Crippen molar-refractivity contribution in [2.45, 2.75) is 13.8 Å². The molecule has 6 heteroatoms. The van der Waals surface area contributed by atoms with Crippen LogP contribution in [0.15, 0.2) is 42.5 Å². The lowest BCUT2D eigenvalue weighted by Gasteiger charge is -2.08. The number of hydrogen-bond donors (Lipinski definition) is 2. The molecular formula is C17H17FN2O3. The van der Waals surface area contributed by atoms with Crippen LogP contribution in [0.5, 0.6) is 0 Å². The van der Waals surface area contributed by atoms with Crippen molar-refractivity contribution < 1.29 is 18.7 Å². The fourth-order valence-corrected chi connectivity index (χ4v) is 1.86. The smallest absolute Gasteiger partial charge is 0.411 e. The Hall–Kier alpha value is -2.89. The van der Waals surface area contributed by atoms with Crippen molar-refractivity contribution in [3.63, 3.8) is 0 Å². The molecule has 2 aromatic rings. The van der Waals surface area contributed by atoms with Gasteiger partial charge in [-0.25, -0.2) is 9.18 Å². The van der Waals surface area contributed by atoms with Crippen LogP contribution in [0.4, 0.5) is 20.6 Å². The van der Waals surface area contributed by atoms with Crippen LogP contribution < -0.4 is 10.6 Å². The standard InChI is InChI=1S/C17H17FN2O3/c1-3-23-17(22)20-13-8-5-12(6-9-13)16(21)19-14-7-4-11(2)15(18)10-14/h4-10H,3H2,1-2H3,(H,19,21)(H,20,22). The van der Waals surface area contributed by atoms with Crippen LogP contribution in [0.1, 0.15) is 22.8 Å². The van der Waals surface area contributed by atoms with Gasteiger partial charge in [0.2, 0.25) is 0 Å². The molecule has 0 aromatic heterocycles. The highest BCUT2D eigenvalue weighted by molar-refractivity contribution is 6.04. The topological polar surface area (TPSA) is 67.4 Å². The summed E-state index contributed by atoms with van der Waals surface area (Å²) in [4.78, 5) is 23.4. The van der Waals surface area contributed by atoms with Crippen molar-refractivity contribution in [3.05, 3.63) is 59.4 Å². The summed E-state index contributed by atoms with van der Waals surface area (Å²) in [6.45, 7) is 3.64. The molecule has 0 heterocycles. The zero-order chi connectivity index (χ0) is 16.8. The van der Waals surface area contributed by atoms with E-state index in [2.05, 4.69) is 10.6 Å². The van der Waals surface area contributed by atoms with Crippen molar-refractivity contribution in [3.8, 4) is 0 Å². The lowest BCUT2D eigenvalue weighted by molar-refractivity contribution is 0.102. The molecule has 2 N–H and O–H groups in total. The first-order valence-electron chi connectivity index (χ1n) is 7.11. The average molecular weight is 316 g/mol. The van der Waals surface area contributed by atoms with Crippen molar-refractivity contribution in [1.82, 2.24) is 0 Å². The second-order valence-electron chi connectivity index (χ2n) is 4.84. The molecule has 5 nitrogen and oxygen atoms in total. The minimum atomic E-state index is -0.556. The van der Waals surface area contributed by atoms with E-state index in [0.717, 1.165) is 0 Å². The Balaban J connectivity index is 2.02. The van der Waals surface area contributed by atoms with Gasteiger partial charge in [0.05, 0.1) is 6.61 Å². The fraction of sp³-hybridized carbons (Fsp3) is 0.176. The summed E-state index contributed by atoms with van der Waals surface area (Å²) in [5, 5.41) is 5.15. The average Bonchev–Trinajstić information content (AvgIpc) is 2.52. The molecule has 2 rings (SSSR count). The Morgan fingerprint density at radius 2 is 1.70 bits per heavy atom. The highest BCUT2D eigenvalue weighted by Gasteiger charge is 2.08. The number of anilines is 2. The fourth-order valence-electron chi connectivity index (χ4n) is 1.86. The lowest BCUT2D eigenvalue weighted by Crippen LogP contribution is -2.14. The summed E-state index contributed by atoms with van der Waals surface area (Å²) in [6, 6.07) is 10.8. The highest BCUT2D eigenvalue weighted by atomic mass is 19.1. The van der Waals surface area contributed by atoms with Crippen LogP contribution in [-0.4, -0.2) is 18.6 Å². The molecule has 0 aliphatic rings. The molecule has 0 atom stereocenters. The van der Waals surface area contributed by atoms with Crippen molar-refractivity contribution in [2.75, 3.05) is 17.2 Å². The number of ether oxygens (including phenoxy) is 1. The van der Waals surface area contributed by atoms with Gasteiger partial charge < -0.3 is 10.1 Å². The third kappa shape index (κ3) is 4.54. The molecule has 0 saturated carbocycles. The number of nitrogens with one attached hydrogen (secondary N) is 2. The van der Waals surface area contributed by atoms with E-state index in [1.807, 2.05) is 0 Å². The minimum absolute atomic E-state index is 0.277. The van der Waals surface area contributed by atoms with Crippen LogP contribution in [0.2, 0.25) is 0 Å². The molecule has 0 unspecified atom stereocenters. The van der Waals surface area contributed by atoms with Crippen LogP contribution in [-0.2, 0) is 4.74 Å². The van der Waals surface area contributed by atoms with Gasteiger partial charge in [-0.3, -0.25) is 10.1 Å². The van der Waals surface area contributed by atoms with E-state index in [9.17, 15) is 14.0 Å². The van der Waals surface area contributed by atoms with Crippen LogP contribution >= 0.6 is 0 Å². The first-order chi connectivity index (χ1) is 11.0. The largest absolute Gasteiger partial charge is 0.450 e. The maximum absolute atomic E-state index is 13.5. The first-order valence-corrected chi connectivity index (χ1v) is 7.11. The molecule has 2 aromatic carbocycles. The zero-order valence-corrected chi connectivity index (χ0v) is 12.9. The Kier molecular flexibility index (Phi) is 5.30. The van der Waals surface area contributed by atoms with Gasteiger partial charge in [-0.05, 0) is 55.8 Å². The quantitative estimate of drug-likeness (QED) is 0.897. The van der Waals surface area contributed by atoms with E-state index >= 15 is 0 Å². The van der Waals surface area contributed by atoms with E-state index < -0.39 is 6.09 Å². The summed E-state index contributed by atoms with van der Waals surface area (Å²) in [5.41, 5.74) is 1.80. The van der Waals surface area contributed by atoms with E-state index in [1.165, 1.54) is 6.07 Å². The summed E-state index contributed by atoms with van der Waals surface area (Å²) in [5.74, 6) is -0.743. The van der Waals surface area contributed by atoms with Crippen LogP contribution in [0.25, 0.3) is 0 Å². The van der Waals surface area contributed by atoms with Gasteiger partial charge in [0.15, 0.2) is 0 Å². The Labute approximate surface area is 133 Å². The third-order valence-corrected chi connectivity index (χ3v) is 3.10. The Morgan fingerprint density at radius 3 is 2.30 bits per heavy atom. The molecule has 0 aliphatic heterocycles. The first kappa shape index (κ1) is 16.5. The van der Waals surface area contributed by atoms with Crippen molar-refractivity contribution in [1.29, 1.82) is 0 Å². The number of carbonyl (C=O) groups excluding carboxylic acids is 2. The van der Waals surface area contributed by atoms with Gasteiger partial charge in [-0.1, -0.05) is 6.07 Å². The summed E-state index contributed by atoms with van der Waals surface area (Å²) < 4.78 is 18.2. The Bertz CT molecular complexity index is 714. The molecule has 0 fully saturated rings. The second-order valence-corrected chi connectivity index (χ2v) is 4.84. The highest BCUT2D eigenvalue weighted by Crippen LogP contribution is 2.16. The van der Waals surface area contributed by atoms with Crippen LogP contribution in [0, 0.1) is 12.7 Å². The van der Waals surface area contributed by atoms with Gasteiger partial charge in [0.1, 0.15) is 5.82 Å². The molecule has 23 heavy (non-hydrogen) atoms. The molecule has 0 radical (unpaired) electrons. The van der Waals surface area contributed by atoms with Gasteiger partial charge in [0, 0.05) is 16.9 Å². The zero-order valence-electron chi connectivity index (χ0n) is 12.9. The lowest BCUT2D eigenvalue weighted by atomic mass is 10.1. The maximum atomic E-state index is 13.5. The number of halogens is 1. The summed E-state index contributed by atoms with van der Waals surface area (Å²) in [7, 11) is 0. The molecule has 0 spiro atoms. The molecule has 0 bridgehead atoms. The van der Waals surface area contributed by atoms with E-state index in [4.69, 9.17) is 4.74 Å². The second kappa shape index (κ2) is 7.40. The van der Waals surface area contributed by atoms with E-state index in [0.29, 0.717) is 22.5 Å². The van der Waals surface area contributed by atoms with Gasteiger partial charge in [0.25, 0.3) is 5.91 Å². The monoisotopic (exact) mass is 316 g/mol. The maximum Gasteiger partial charge on any atom is 0.411 e. The van der Waals surface area contributed by atoms with E-state index in [-0.39, 0.29) is 18.3 Å². The minimum Gasteiger partial charge on any atom is -0.450 e. The molecular weight excluding hydrogens is 299 g/mol. The van der Waals surface area contributed by atoms with Crippen molar-refractivity contribution >= 4 is 23.4 Å². The van der Waals surface area contributed by atoms with Gasteiger partial charge in [-0.2, -0.15) is 0 Å². The number of carbonyl (C=O) groups is 2. The number of aryl methyl sites for hydroxylation is 1. The van der Waals surface area contributed by atoms with Gasteiger partial charge >= 0.3 is 6.09 Å². The summed E-state index contributed by atoms with van der Waals surface area (Å²) >= 11 is 0. The van der Waals surface area contributed by atoms with Crippen molar-refractivity contribution in [2.24, 2.45) is 0 Å². The Morgan fingerprint density at radius 1 is 1.04 bits per heavy atom. The molecule has 0 aliphatic carbocycles. The number of amides is 2. The number of rotatable bonds is 4. The SMILES string of the molecule is CCOC(=O)Nc1ccc(C(=O)Nc2ccc(C)c(F)c2)cc1. The van der Waals surface area contributed by atoms with Gasteiger partial charge in [-0.15, -0.1) is 0 Å². The predicted molar refractivity (Wildman–Crippen MR) is 86.2 cm³/mol. The van der Waals surface area contributed by atoms with Crippen LogP contribution in [0.3, 0.4) is 0 Å². The normalized spacial score (nSPS) is 10.0. The third-order valence-electron chi connectivity index (χ3n) is 3.10. The predicted octanol–water partition coefficient (Wildman–Crippen LogP) is 3.95. The molecule has 120 valence electrons. The number of benzene rings is 2.